The number of ketones is 1. The summed E-state index contributed by atoms with van der Waals surface area (Å²) in [4.78, 5) is 13.0. The van der Waals surface area contributed by atoms with Gasteiger partial charge in [0.2, 0.25) is 0 Å². The first-order chi connectivity index (χ1) is 15.6. The number of hydrogen-bond acceptors (Lipinski definition) is 3. The van der Waals surface area contributed by atoms with Crippen LogP contribution in [-0.4, -0.2) is 20.5 Å². The SMILES string of the molecule is C=CCC(CC(=O)Cc1cccc(Cl)c1C)c1nnc(CCC2CCCCC2)n1C1CC1. The molecular formula is C27H36ClN3O. The van der Waals surface area contributed by atoms with Crippen molar-refractivity contribution in [3.63, 3.8) is 0 Å². The predicted molar refractivity (Wildman–Crippen MR) is 130 cm³/mol. The van der Waals surface area contributed by atoms with Crippen molar-refractivity contribution in [1.82, 2.24) is 14.8 Å². The molecule has 0 spiro atoms. The van der Waals surface area contributed by atoms with E-state index in [4.69, 9.17) is 11.6 Å². The highest BCUT2D eigenvalue weighted by atomic mass is 35.5. The molecule has 2 aliphatic carbocycles. The van der Waals surface area contributed by atoms with Crippen LogP contribution in [0.4, 0.5) is 0 Å². The van der Waals surface area contributed by atoms with E-state index >= 15 is 0 Å². The second-order valence-corrected chi connectivity index (χ2v) is 10.2. The first-order valence-corrected chi connectivity index (χ1v) is 12.7. The first-order valence-electron chi connectivity index (χ1n) is 12.4. The maximum Gasteiger partial charge on any atom is 0.138 e. The maximum atomic E-state index is 13.0. The largest absolute Gasteiger partial charge is 0.312 e. The van der Waals surface area contributed by atoms with Crippen LogP contribution < -0.4 is 0 Å². The Balaban J connectivity index is 1.47. The van der Waals surface area contributed by atoms with E-state index in [0.29, 0.717) is 23.9 Å². The summed E-state index contributed by atoms with van der Waals surface area (Å²) in [5, 5.41) is 9.99. The molecule has 4 rings (SSSR count). The van der Waals surface area contributed by atoms with Crippen LogP contribution >= 0.6 is 11.6 Å². The maximum absolute atomic E-state index is 13.0. The first kappa shape index (κ1) is 23.2. The van der Waals surface area contributed by atoms with Crippen LogP contribution in [0.2, 0.25) is 5.02 Å². The van der Waals surface area contributed by atoms with Gasteiger partial charge in [-0.1, -0.05) is 61.9 Å². The van der Waals surface area contributed by atoms with Crippen molar-refractivity contribution in [1.29, 1.82) is 0 Å². The Morgan fingerprint density at radius 3 is 2.72 bits per heavy atom. The molecule has 2 aliphatic rings. The van der Waals surface area contributed by atoms with Crippen molar-refractivity contribution < 1.29 is 4.79 Å². The van der Waals surface area contributed by atoms with Crippen molar-refractivity contribution in [2.24, 2.45) is 5.92 Å². The molecule has 1 heterocycles. The van der Waals surface area contributed by atoms with Crippen LogP contribution in [0.15, 0.2) is 30.9 Å². The molecule has 2 aromatic rings. The minimum atomic E-state index is 0.0380. The molecule has 1 unspecified atom stereocenters. The van der Waals surface area contributed by atoms with E-state index in [0.717, 1.165) is 41.5 Å². The van der Waals surface area contributed by atoms with Gasteiger partial charge in [-0.25, -0.2) is 0 Å². The van der Waals surface area contributed by atoms with Crippen LogP contribution in [0, 0.1) is 12.8 Å². The molecule has 1 atom stereocenters. The second-order valence-electron chi connectivity index (χ2n) is 9.78. The predicted octanol–water partition coefficient (Wildman–Crippen LogP) is 6.95. The number of carbonyl (C=O) groups is 1. The summed E-state index contributed by atoms with van der Waals surface area (Å²) < 4.78 is 2.38. The Kier molecular flexibility index (Phi) is 7.83. The number of nitrogens with zero attached hydrogens (tertiary/aromatic N) is 3. The van der Waals surface area contributed by atoms with Gasteiger partial charge in [0.15, 0.2) is 0 Å². The number of hydrogen-bond donors (Lipinski definition) is 0. The zero-order chi connectivity index (χ0) is 22.5. The third-order valence-corrected chi connectivity index (χ3v) is 7.67. The molecule has 0 radical (unpaired) electrons. The summed E-state index contributed by atoms with van der Waals surface area (Å²) in [5.41, 5.74) is 2.01. The standard InChI is InChI=1S/C27H36ClN3O/c1-3-8-22(18-24(32)17-21-11-7-12-25(28)19(21)2)27-30-29-26(31(27)23-14-15-23)16-13-20-9-5-4-6-10-20/h3,7,11-12,20,22-23H,1,4-6,8-10,13-18H2,2H3. The number of halogens is 1. The van der Waals surface area contributed by atoms with E-state index in [9.17, 15) is 4.79 Å². The molecule has 5 heteroatoms. The minimum Gasteiger partial charge on any atom is -0.312 e. The number of aryl methyl sites for hydroxylation is 1. The number of aromatic nitrogens is 3. The summed E-state index contributed by atoms with van der Waals surface area (Å²) in [6, 6.07) is 6.30. The van der Waals surface area contributed by atoms with Gasteiger partial charge in [0.25, 0.3) is 0 Å². The third kappa shape index (κ3) is 5.70. The van der Waals surface area contributed by atoms with Crippen molar-refractivity contribution in [3.05, 3.63) is 58.7 Å². The van der Waals surface area contributed by atoms with Crippen LogP contribution in [-0.2, 0) is 17.6 Å². The average Bonchev–Trinajstić information content (AvgIpc) is 3.54. The molecule has 32 heavy (non-hydrogen) atoms. The Bertz CT molecular complexity index is 940. The van der Waals surface area contributed by atoms with Gasteiger partial charge in [-0.05, 0) is 55.7 Å². The summed E-state index contributed by atoms with van der Waals surface area (Å²) in [6.07, 6.45) is 15.0. The fourth-order valence-corrected chi connectivity index (χ4v) is 5.40. The monoisotopic (exact) mass is 453 g/mol. The summed E-state index contributed by atoms with van der Waals surface area (Å²) >= 11 is 6.25. The van der Waals surface area contributed by atoms with Gasteiger partial charge >= 0.3 is 0 Å². The normalized spacial score (nSPS) is 17.9. The smallest absolute Gasteiger partial charge is 0.138 e. The fraction of sp³-hybridized carbons (Fsp3) is 0.593. The molecule has 1 aromatic heterocycles. The number of carbonyl (C=O) groups excluding carboxylic acids is 1. The molecule has 0 saturated heterocycles. The zero-order valence-corrected chi connectivity index (χ0v) is 20.1. The van der Waals surface area contributed by atoms with Crippen LogP contribution in [0.25, 0.3) is 0 Å². The number of benzene rings is 1. The Hall–Kier alpha value is -1.94. The highest BCUT2D eigenvalue weighted by molar-refractivity contribution is 6.31. The highest BCUT2D eigenvalue weighted by Gasteiger charge is 2.32. The van der Waals surface area contributed by atoms with Crippen LogP contribution in [0.3, 0.4) is 0 Å². The van der Waals surface area contributed by atoms with E-state index in [1.54, 1.807) is 0 Å². The van der Waals surface area contributed by atoms with Crippen molar-refractivity contribution in [2.75, 3.05) is 0 Å². The van der Waals surface area contributed by atoms with Crippen molar-refractivity contribution in [2.45, 2.75) is 95.9 Å². The summed E-state index contributed by atoms with van der Waals surface area (Å²) in [5.74, 6) is 3.21. The van der Waals surface area contributed by atoms with Gasteiger partial charge in [0, 0.05) is 36.2 Å². The Morgan fingerprint density at radius 1 is 1.22 bits per heavy atom. The lowest BCUT2D eigenvalue weighted by atomic mass is 9.86. The van der Waals surface area contributed by atoms with Crippen LogP contribution in [0.5, 0.6) is 0 Å². The lowest BCUT2D eigenvalue weighted by Crippen LogP contribution is -2.16. The van der Waals surface area contributed by atoms with E-state index in [1.165, 1.54) is 51.4 Å². The molecule has 2 fully saturated rings. The van der Waals surface area contributed by atoms with Gasteiger partial charge < -0.3 is 4.57 Å². The molecule has 4 nitrogen and oxygen atoms in total. The number of allylic oxidation sites excluding steroid dienone is 1. The van der Waals surface area contributed by atoms with Gasteiger partial charge in [-0.15, -0.1) is 16.8 Å². The molecule has 0 amide bonds. The molecule has 1 aromatic carbocycles. The number of Topliss-reactive ketones (excluding diaryl/α,β-unsaturated/α-hetero) is 1. The molecule has 0 bridgehead atoms. The molecule has 0 N–H and O–H groups in total. The summed E-state index contributed by atoms with van der Waals surface area (Å²) in [7, 11) is 0. The Labute approximate surface area is 197 Å². The zero-order valence-electron chi connectivity index (χ0n) is 19.4. The lowest BCUT2D eigenvalue weighted by Gasteiger charge is -2.21. The van der Waals surface area contributed by atoms with Gasteiger partial charge in [-0.2, -0.15) is 0 Å². The summed E-state index contributed by atoms with van der Waals surface area (Å²) in [6.45, 7) is 5.93. The lowest BCUT2D eigenvalue weighted by molar-refractivity contribution is -0.118. The molecular weight excluding hydrogens is 418 g/mol. The Morgan fingerprint density at radius 2 is 2.00 bits per heavy atom. The van der Waals surface area contributed by atoms with Crippen LogP contribution in [0.1, 0.15) is 98.9 Å². The van der Waals surface area contributed by atoms with Gasteiger partial charge in [0.05, 0.1) is 0 Å². The van der Waals surface area contributed by atoms with Crippen molar-refractivity contribution in [3.8, 4) is 0 Å². The van der Waals surface area contributed by atoms with E-state index < -0.39 is 0 Å². The third-order valence-electron chi connectivity index (χ3n) is 7.26. The highest BCUT2D eigenvalue weighted by Crippen LogP contribution is 2.40. The average molecular weight is 454 g/mol. The quantitative estimate of drug-likeness (QED) is 0.346. The molecule has 0 aliphatic heterocycles. The molecule has 2 saturated carbocycles. The molecule has 172 valence electrons. The van der Waals surface area contributed by atoms with Gasteiger partial charge in [-0.3, -0.25) is 4.79 Å². The second kappa shape index (κ2) is 10.8. The topological polar surface area (TPSA) is 47.8 Å². The van der Waals surface area contributed by atoms with Crippen molar-refractivity contribution >= 4 is 17.4 Å². The van der Waals surface area contributed by atoms with E-state index in [-0.39, 0.29) is 11.7 Å². The fourth-order valence-electron chi connectivity index (χ4n) is 5.21. The van der Waals surface area contributed by atoms with E-state index in [2.05, 4.69) is 21.3 Å². The minimum absolute atomic E-state index is 0.0380. The van der Waals surface area contributed by atoms with E-state index in [1.807, 2.05) is 31.2 Å². The number of rotatable bonds is 11. The van der Waals surface area contributed by atoms with Gasteiger partial charge in [0.1, 0.15) is 17.4 Å².